The molecule has 7 heteroatoms. The average molecular weight is 418 g/mol. The van der Waals surface area contributed by atoms with E-state index in [1.54, 1.807) is 0 Å². The van der Waals surface area contributed by atoms with Crippen LogP contribution < -0.4 is 10.6 Å². The van der Waals surface area contributed by atoms with Gasteiger partial charge in [-0.15, -0.1) is 5.10 Å². The van der Waals surface area contributed by atoms with Gasteiger partial charge in [-0.2, -0.15) is 4.98 Å². The number of H-pyrrole nitrogens is 1. The van der Waals surface area contributed by atoms with Gasteiger partial charge in [0.2, 0.25) is 5.95 Å². The van der Waals surface area contributed by atoms with Crippen molar-refractivity contribution in [2.45, 2.75) is 19.4 Å². The second kappa shape index (κ2) is 6.10. The first-order chi connectivity index (χ1) is 10.0. The maximum Gasteiger partial charge on any atom is 0.245 e. The molecule has 1 aromatic heterocycles. The first-order valence-corrected chi connectivity index (χ1v) is 8.38. The van der Waals surface area contributed by atoms with Crippen LogP contribution in [-0.4, -0.2) is 34.3 Å². The van der Waals surface area contributed by atoms with Gasteiger partial charge in [0, 0.05) is 33.3 Å². The van der Waals surface area contributed by atoms with Crippen LogP contribution in [0.25, 0.3) is 11.4 Å². The molecule has 0 amide bonds. The summed E-state index contributed by atoms with van der Waals surface area (Å²) in [4.78, 5) is 6.75. The highest BCUT2D eigenvalue weighted by Crippen LogP contribution is 2.27. The predicted octanol–water partition coefficient (Wildman–Crippen LogP) is 2.90. The Bertz CT molecular complexity index is 644. The van der Waals surface area contributed by atoms with Crippen molar-refractivity contribution in [3.05, 3.63) is 26.8 Å². The second-order valence-electron chi connectivity index (χ2n) is 5.48. The number of benzene rings is 1. The van der Waals surface area contributed by atoms with Gasteiger partial charge >= 0.3 is 0 Å². The SMILES string of the molecule is CC1CCN(c2n[nH]c(-c3cc(Cl)ccc3I)n2)CC1N. The summed E-state index contributed by atoms with van der Waals surface area (Å²) in [5, 5.41) is 8.03. The fourth-order valence-electron chi connectivity index (χ4n) is 2.47. The van der Waals surface area contributed by atoms with Crippen molar-refractivity contribution in [2.75, 3.05) is 18.0 Å². The van der Waals surface area contributed by atoms with Gasteiger partial charge < -0.3 is 10.6 Å². The van der Waals surface area contributed by atoms with Gasteiger partial charge in [-0.25, -0.2) is 0 Å². The lowest BCUT2D eigenvalue weighted by Crippen LogP contribution is -2.48. The minimum atomic E-state index is 0.173. The molecular weight excluding hydrogens is 401 g/mol. The lowest BCUT2D eigenvalue weighted by atomic mass is 9.95. The normalized spacial score (nSPS) is 22.6. The van der Waals surface area contributed by atoms with Gasteiger partial charge in [0.25, 0.3) is 0 Å². The van der Waals surface area contributed by atoms with E-state index in [2.05, 4.69) is 49.6 Å². The Morgan fingerprint density at radius 1 is 1.48 bits per heavy atom. The van der Waals surface area contributed by atoms with Gasteiger partial charge in [-0.1, -0.05) is 18.5 Å². The van der Waals surface area contributed by atoms with E-state index in [4.69, 9.17) is 17.3 Å². The van der Waals surface area contributed by atoms with Crippen LogP contribution in [0.5, 0.6) is 0 Å². The number of halogens is 2. The van der Waals surface area contributed by atoms with Crippen LogP contribution in [0.1, 0.15) is 13.3 Å². The van der Waals surface area contributed by atoms with Gasteiger partial charge in [-0.05, 0) is 53.1 Å². The molecule has 1 aliphatic rings. The highest BCUT2D eigenvalue weighted by atomic mass is 127. The number of anilines is 1. The molecule has 1 fully saturated rings. The number of hydrogen-bond acceptors (Lipinski definition) is 4. The van der Waals surface area contributed by atoms with Gasteiger partial charge in [0.05, 0.1) is 0 Å². The molecule has 2 unspecified atom stereocenters. The van der Waals surface area contributed by atoms with Crippen LogP contribution in [0.15, 0.2) is 18.2 Å². The zero-order chi connectivity index (χ0) is 15.0. The number of hydrogen-bond donors (Lipinski definition) is 2. The molecule has 1 aromatic carbocycles. The van der Waals surface area contributed by atoms with E-state index < -0.39 is 0 Å². The molecule has 3 N–H and O–H groups in total. The molecule has 1 saturated heterocycles. The van der Waals surface area contributed by atoms with Crippen molar-refractivity contribution >= 4 is 40.1 Å². The molecule has 0 radical (unpaired) electrons. The van der Waals surface area contributed by atoms with E-state index in [9.17, 15) is 0 Å². The van der Waals surface area contributed by atoms with E-state index in [1.807, 2.05) is 18.2 Å². The van der Waals surface area contributed by atoms with E-state index >= 15 is 0 Å². The maximum absolute atomic E-state index is 6.14. The van der Waals surface area contributed by atoms with Gasteiger partial charge in [0.15, 0.2) is 5.82 Å². The zero-order valence-electron chi connectivity index (χ0n) is 11.7. The Balaban J connectivity index is 1.85. The van der Waals surface area contributed by atoms with Crippen LogP contribution >= 0.6 is 34.2 Å². The van der Waals surface area contributed by atoms with E-state index in [0.717, 1.165) is 34.5 Å². The summed E-state index contributed by atoms with van der Waals surface area (Å²) >= 11 is 8.34. The molecule has 1 aliphatic heterocycles. The van der Waals surface area contributed by atoms with Crippen molar-refractivity contribution in [3.8, 4) is 11.4 Å². The number of nitrogens with two attached hydrogens (primary N) is 1. The topological polar surface area (TPSA) is 70.8 Å². The predicted molar refractivity (Wildman–Crippen MR) is 93.5 cm³/mol. The number of nitrogens with one attached hydrogen (secondary N) is 1. The summed E-state index contributed by atoms with van der Waals surface area (Å²) in [6, 6.07) is 5.91. The van der Waals surface area contributed by atoms with E-state index in [1.165, 1.54) is 0 Å². The van der Waals surface area contributed by atoms with Crippen LogP contribution in [0, 0.1) is 9.49 Å². The fourth-order valence-corrected chi connectivity index (χ4v) is 3.24. The summed E-state index contributed by atoms with van der Waals surface area (Å²) in [6.45, 7) is 3.93. The molecule has 3 rings (SSSR count). The summed E-state index contributed by atoms with van der Waals surface area (Å²) in [5.41, 5.74) is 7.11. The molecule has 5 nitrogen and oxygen atoms in total. The first kappa shape index (κ1) is 15.1. The van der Waals surface area contributed by atoms with Crippen LogP contribution in [-0.2, 0) is 0 Å². The standard InChI is InChI=1S/C14H17ClIN5/c1-8-4-5-21(7-12(8)17)14-18-13(19-20-14)10-6-9(15)2-3-11(10)16/h2-3,6,8,12H,4-5,7,17H2,1H3,(H,18,19,20). The molecule has 2 atom stereocenters. The lowest BCUT2D eigenvalue weighted by molar-refractivity contribution is 0.376. The van der Waals surface area contributed by atoms with Crippen molar-refractivity contribution in [1.82, 2.24) is 15.2 Å². The van der Waals surface area contributed by atoms with Crippen molar-refractivity contribution < 1.29 is 0 Å². The van der Waals surface area contributed by atoms with Crippen molar-refractivity contribution in [2.24, 2.45) is 11.7 Å². The molecule has 0 aliphatic carbocycles. The third-order valence-corrected chi connectivity index (χ3v) is 5.13. The van der Waals surface area contributed by atoms with Crippen molar-refractivity contribution in [1.29, 1.82) is 0 Å². The highest BCUT2D eigenvalue weighted by Gasteiger charge is 2.25. The summed E-state index contributed by atoms with van der Waals surface area (Å²) in [5.74, 6) is 2.00. The monoisotopic (exact) mass is 417 g/mol. The molecule has 112 valence electrons. The number of nitrogens with zero attached hydrogens (tertiary/aromatic N) is 3. The highest BCUT2D eigenvalue weighted by molar-refractivity contribution is 14.1. The molecule has 21 heavy (non-hydrogen) atoms. The largest absolute Gasteiger partial charge is 0.338 e. The minimum Gasteiger partial charge on any atom is -0.338 e. The van der Waals surface area contributed by atoms with E-state index in [-0.39, 0.29) is 6.04 Å². The number of aromatic amines is 1. The van der Waals surface area contributed by atoms with Crippen LogP contribution in [0.2, 0.25) is 5.02 Å². The molecule has 2 aromatic rings. The third-order valence-electron chi connectivity index (χ3n) is 3.96. The van der Waals surface area contributed by atoms with Crippen LogP contribution in [0.3, 0.4) is 0 Å². The van der Waals surface area contributed by atoms with Gasteiger partial charge in [-0.3, -0.25) is 5.10 Å². The summed E-state index contributed by atoms with van der Waals surface area (Å²) < 4.78 is 1.09. The summed E-state index contributed by atoms with van der Waals surface area (Å²) in [7, 11) is 0. The Kier molecular flexibility index (Phi) is 4.37. The Labute approximate surface area is 142 Å². The molecule has 0 spiro atoms. The Morgan fingerprint density at radius 3 is 3.05 bits per heavy atom. The number of piperidine rings is 1. The molecule has 0 saturated carbocycles. The minimum absolute atomic E-state index is 0.173. The maximum atomic E-state index is 6.14. The number of rotatable bonds is 2. The molecule has 0 bridgehead atoms. The average Bonchev–Trinajstić information content (AvgIpc) is 2.94. The fraction of sp³-hybridized carbons (Fsp3) is 0.429. The van der Waals surface area contributed by atoms with Crippen LogP contribution in [0.4, 0.5) is 5.95 Å². The van der Waals surface area contributed by atoms with Crippen molar-refractivity contribution in [3.63, 3.8) is 0 Å². The molecule has 2 heterocycles. The zero-order valence-corrected chi connectivity index (χ0v) is 14.6. The quantitative estimate of drug-likeness (QED) is 0.737. The van der Waals surface area contributed by atoms with E-state index in [0.29, 0.717) is 16.9 Å². The number of aromatic nitrogens is 3. The smallest absolute Gasteiger partial charge is 0.245 e. The Morgan fingerprint density at radius 2 is 2.29 bits per heavy atom. The van der Waals surface area contributed by atoms with Gasteiger partial charge in [0.1, 0.15) is 0 Å². The lowest BCUT2D eigenvalue weighted by Gasteiger charge is -2.34. The third kappa shape index (κ3) is 3.17. The Hall–Kier alpha value is -0.860. The second-order valence-corrected chi connectivity index (χ2v) is 7.08. The summed E-state index contributed by atoms with van der Waals surface area (Å²) in [6.07, 6.45) is 1.07. The first-order valence-electron chi connectivity index (χ1n) is 6.93. The molecular formula is C14H17ClIN5.